The Bertz CT molecular complexity index is 178. The smallest absolute Gasteiger partial charge is 0.0598 e. The molecule has 1 unspecified atom stereocenters. The maximum atomic E-state index is 6.03. The fraction of sp³-hybridized carbons (Fsp3) is 1.00. The Kier molecular flexibility index (Phi) is 5.77. The summed E-state index contributed by atoms with van der Waals surface area (Å²) in [4.78, 5) is 0. The SMILES string of the molecule is CC(CCOC(C)(C)C)OC1CCCCC1. The van der Waals surface area contributed by atoms with Crippen molar-refractivity contribution in [1.82, 2.24) is 0 Å². The maximum absolute atomic E-state index is 6.03. The molecule has 0 N–H and O–H groups in total. The molecule has 0 amide bonds. The zero-order valence-corrected chi connectivity index (χ0v) is 11.4. The summed E-state index contributed by atoms with van der Waals surface area (Å²) >= 11 is 0. The van der Waals surface area contributed by atoms with E-state index in [0.717, 1.165) is 13.0 Å². The van der Waals surface area contributed by atoms with Crippen molar-refractivity contribution in [3.63, 3.8) is 0 Å². The van der Waals surface area contributed by atoms with Gasteiger partial charge in [-0.3, -0.25) is 0 Å². The van der Waals surface area contributed by atoms with Gasteiger partial charge in [-0.15, -0.1) is 0 Å². The normalized spacial score (nSPS) is 21.0. The Labute approximate surface area is 101 Å². The standard InChI is InChI=1S/C14H28O2/c1-12(10-11-15-14(2,3)4)16-13-8-6-5-7-9-13/h12-13H,5-11H2,1-4H3. The van der Waals surface area contributed by atoms with Gasteiger partial charge in [0.05, 0.1) is 17.8 Å². The number of rotatable bonds is 5. The van der Waals surface area contributed by atoms with Gasteiger partial charge in [-0.2, -0.15) is 0 Å². The average molecular weight is 228 g/mol. The molecule has 0 aromatic heterocycles. The summed E-state index contributed by atoms with van der Waals surface area (Å²) in [6, 6.07) is 0. The molecule has 0 saturated heterocycles. The minimum absolute atomic E-state index is 0.0233. The van der Waals surface area contributed by atoms with Crippen molar-refractivity contribution in [3.05, 3.63) is 0 Å². The fourth-order valence-corrected chi connectivity index (χ4v) is 2.13. The van der Waals surface area contributed by atoms with Crippen LogP contribution in [0.3, 0.4) is 0 Å². The lowest BCUT2D eigenvalue weighted by Crippen LogP contribution is -2.25. The number of ether oxygens (including phenoxy) is 2. The van der Waals surface area contributed by atoms with E-state index < -0.39 is 0 Å². The van der Waals surface area contributed by atoms with Gasteiger partial charge in [0.1, 0.15) is 0 Å². The van der Waals surface area contributed by atoms with E-state index in [9.17, 15) is 0 Å². The molecule has 0 aromatic carbocycles. The van der Waals surface area contributed by atoms with Crippen molar-refractivity contribution >= 4 is 0 Å². The summed E-state index contributed by atoms with van der Waals surface area (Å²) in [6.45, 7) is 9.26. The Balaban J connectivity index is 2.08. The van der Waals surface area contributed by atoms with Gasteiger partial charge in [0.15, 0.2) is 0 Å². The molecular weight excluding hydrogens is 200 g/mol. The Hall–Kier alpha value is -0.0800. The number of hydrogen-bond donors (Lipinski definition) is 0. The first-order chi connectivity index (χ1) is 7.47. The third-order valence-electron chi connectivity index (χ3n) is 3.04. The van der Waals surface area contributed by atoms with Crippen LogP contribution in [0.25, 0.3) is 0 Å². The van der Waals surface area contributed by atoms with Crippen molar-refractivity contribution in [2.45, 2.75) is 84.0 Å². The molecule has 0 aromatic rings. The Morgan fingerprint density at radius 3 is 2.31 bits per heavy atom. The lowest BCUT2D eigenvalue weighted by molar-refractivity contribution is -0.0566. The van der Waals surface area contributed by atoms with E-state index >= 15 is 0 Å². The highest BCUT2D eigenvalue weighted by Gasteiger charge is 2.17. The molecule has 1 saturated carbocycles. The van der Waals surface area contributed by atoms with Crippen molar-refractivity contribution in [3.8, 4) is 0 Å². The summed E-state index contributed by atoms with van der Waals surface area (Å²) in [5.74, 6) is 0. The minimum Gasteiger partial charge on any atom is -0.376 e. The first-order valence-corrected chi connectivity index (χ1v) is 6.77. The lowest BCUT2D eigenvalue weighted by atomic mass is 9.97. The summed E-state index contributed by atoms with van der Waals surface area (Å²) < 4.78 is 11.7. The van der Waals surface area contributed by atoms with Crippen LogP contribution in [0.15, 0.2) is 0 Å². The van der Waals surface area contributed by atoms with Gasteiger partial charge in [0.25, 0.3) is 0 Å². The molecule has 0 spiro atoms. The van der Waals surface area contributed by atoms with E-state index in [-0.39, 0.29) is 5.60 Å². The van der Waals surface area contributed by atoms with E-state index in [4.69, 9.17) is 9.47 Å². The molecule has 0 heterocycles. The van der Waals surface area contributed by atoms with Crippen molar-refractivity contribution in [2.24, 2.45) is 0 Å². The monoisotopic (exact) mass is 228 g/mol. The van der Waals surface area contributed by atoms with Gasteiger partial charge in [-0.25, -0.2) is 0 Å². The van der Waals surface area contributed by atoms with E-state index in [2.05, 4.69) is 27.7 Å². The largest absolute Gasteiger partial charge is 0.376 e. The van der Waals surface area contributed by atoms with E-state index in [1.807, 2.05) is 0 Å². The molecule has 96 valence electrons. The first-order valence-electron chi connectivity index (χ1n) is 6.77. The molecule has 0 bridgehead atoms. The highest BCUT2D eigenvalue weighted by Crippen LogP contribution is 2.22. The first kappa shape index (κ1) is 14.0. The zero-order chi connectivity index (χ0) is 12.0. The Morgan fingerprint density at radius 2 is 1.75 bits per heavy atom. The molecule has 1 aliphatic rings. The van der Waals surface area contributed by atoms with Gasteiger partial charge in [-0.05, 0) is 47.0 Å². The highest BCUT2D eigenvalue weighted by molar-refractivity contribution is 4.67. The second-order valence-corrected chi connectivity index (χ2v) is 5.96. The fourth-order valence-electron chi connectivity index (χ4n) is 2.13. The van der Waals surface area contributed by atoms with Gasteiger partial charge in [0.2, 0.25) is 0 Å². The molecule has 1 fully saturated rings. The molecule has 0 radical (unpaired) electrons. The molecule has 16 heavy (non-hydrogen) atoms. The summed E-state index contributed by atoms with van der Waals surface area (Å²) in [6.07, 6.45) is 8.44. The topological polar surface area (TPSA) is 18.5 Å². The molecule has 0 aliphatic heterocycles. The van der Waals surface area contributed by atoms with Crippen LogP contribution in [-0.2, 0) is 9.47 Å². The molecule has 2 heteroatoms. The summed E-state index contributed by atoms with van der Waals surface area (Å²) in [5, 5.41) is 0. The predicted octanol–water partition coefficient (Wildman–Crippen LogP) is 3.93. The molecular formula is C14H28O2. The maximum Gasteiger partial charge on any atom is 0.0598 e. The third-order valence-corrected chi connectivity index (χ3v) is 3.04. The lowest BCUT2D eigenvalue weighted by Gasteiger charge is -2.26. The van der Waals surface area contributed by atoms with Crippen LogP contribution in [0.2, 0.25) is 0 Å². The quantitative estimate of drug-likeness (QED) is 0.710. The summed E-state index contributed by atoms with van der Waals surface area (Å²) in [7, 11) is 0. The minimum atomic E-state index is -0.0233. The van der Waals surface area contributed by atoms with Crippen molar-refractivity contribution in [2.75, 3.05) is 6.61 Å². The summed E-state index contributed by atoms with van der Waals surface area (Å²) in [5.41, 5.74) is -0.0233. The van der Waals surface area contributed by atoms with Crippen molar-refractivity contribution in [1.29, 1.82) is 0 Å². The van der Waals surface area contributed by atoms with Gasteiger partial charge >= 0.3 is 0 Å². The Morgan fingerprint density at radius 1 is 1.12 bits per heavy atom. The van der Waals surface area contributed by atoms with Crippen LogP contribution in [-0.4, -0.2) is 24.4 Å². The molecule has 1 atom stereocenters. The predicted molar refractivity (Wildman–Crippen MR) is 67.7 cm³/mol. The van der Waals surface area contributed by atoms with Crippen LogP contribution in [0.4, 0.5) is 0 Å². The average Bonchev–Trinajstić information content (AvgIpc) is 2.17. The van der Waals surface area contributed by atoms with Gasteiger partial charge in [-0.1, -0.05) is 19.3 Å². The van der Waals surface area contributed by atoms with Gasteiger partial charge in [0, 0.05) is 6.61 Å². The molecule has 1 rings (SSSR count). The van der Waals surface area contributed by atoms with Crippen LogP contribution in [0.5, 0.6) is 0 Å². The van der Waals surface area contributed by atoms with E-state index in [0.29, 0.717) is 12.2 Å². The van der Waals surface area contributed by atoms with Gasteiger partial charge < -0.3 is 9.47 Å². The van der Waals surface area contributed by atoms with Crippen molar-refractivity contribution < 1.29 is 9.47 Å². The van der Waals surface area contributed by atoms with E-state index in [1.54, 1.807) is 0 Å². The second-order valence-electron chi connectivity index (χ2n) is 5.96. The van der Waals surface area contributed by atoms with Crippen LogP contribution < -0.4 is 0 Å². The van der Waals surface area contributed by atoms with Crippen LogP contribution >= 0.6 is 0 Å². The molecule has 2 nitrogen and oxygen atoms in total. The van der Waals surface area contributed by atoms with E-state index in [1.165, 1.54) is 32.1 Å². The third kappa shape index (κ3) is 6.49. The van der Waals surface area contributed by atoms with Crippen LogP contribution in [0, 0.1) is 0 Å². The van der Waals surface area contributed by atoms with Crippen LogP contribution in [0.1, 0.15) is 66.2 Å². The zero-order valence-electron chi connectivity index (χ0n) is 11.4. The highest BCUT2D eigenvalue weighted by atomic mass is 16.5. The second kappa shape index (κ2) is 6.61. The molecule has 1 aliphatic carbocycles. The number of hydrogen-bond acceptors (Lipinski definition) is 2.